The van der Waals surface area contributed by atoms with Crippen molar-refractivity contribution in [3.63, 3.8) is 0 Å². The molecule has 7 heteroatoms. The fourth-order valence-electron chi connectivity index (χ4n) is 0.415. The lowest BCUT2D eigenvalue weighted by atomic mass is 10.4. The lowest BCUT2D eigenvalue weighted by Gasteiger charge is -1.80. The maximum absolute atomic E-state index is 8.25. The first kappa shape index (κ1) is 13.9. The Labute approximate surface area is 82.5 Å². The molecule has 0 aliphatic heterocycles. The SMILES string of the molecule is Brc1ccccc1.N#[NH+].O=[N+]([O-])[O-]. The number of nitrogens with one attached hydrogen (secondary N) is 1. The van der Waals surface area contributed by atoms with Crippen LogP contribution >= 0.6 is 15.9 Å². The van der Waals surface area contributed by atoms with Gasteiger partial charge in [0.2, 0.25) is 5.39 Å². The highest BCUT2D eigenvalue weighted by Gasteiger charge is 1.74. The Morgan fingerprint density at radius 3 is 1.69 bits per heavy atom. The smallest absolute Gasteiger partial charge is 0.212 e. The van der Waals surface area contributed by atoms with Gasteiger partial charge in [-0.05, 0) is 12.1 Å². The van der Waals surface area contributed by atoms with Crippen LogP contribution in [0.15, 0.2) is 34.8 Å². The van der Waals surface area contributed by atoms with Crippen LogP contribution in [0, 0.1) is 20.7 Å². The monoisotopic (exact) mass is 247 g/mol. The number of benzene rings is 1. The minimum Gasteiger partial charge on any atom is -0.356 e. The predicted octanol–water partition coefficient (Wildman–Crippen LogP) is 0.489. The molecule has 1 aromatic rings. The van der Waals surface area contributed by atoms with Crippen LogP contribution in [0.5, 0.6) is 0 Å². The zero-order chi connectivity index (χ0) is 10.7. The summed E-state index contributed by atoms with van der Waals surface area (Å²) in [7, 11) is 0. The van der Waals surface area contributed by atoms with Crippen LogP contribution < -0.4 is 5.39 Å². The van der Waals surface area contributed by atoms with Crippen LogP contribution in [0.4, 0.5) is 0 Å². The summed E-state index contributed by atoms with van der Waals surface area (Å²) in [6.07, 6.45) is 0. The molecule has 0 radical (unpaired) electrons. The van der Waals surface area contributed by atoms with Gasteiger partial charge in [0.1, 0.15) is 0 Å². The van der Waals surface area contributed by atoms with E-state index in [4.69, 9.17) is 26.1 Å². The molecule has 0 aliphatic carbocycles. The van der Waals surface area contributed by atoms with E-state index in [9.17, 15) is 0 Å². The highest BCUT2D eigenvalue weighted by Crippen LogP contribution is 2.05. The van der Waals surface area contributed by atoms with Gasteiger partial charge in [0, 0.05) is 4.47 Å². The molecule has 0 bridgehead atoms. The van der Waals surface area contributed by atoms with Gasteiger partial charge in [-0.25, -0.2) is 0 Å². The van der Waals surface area contributed by atoms with E-state index in [0.717, 1.165) is 4.47 Å². The molecule has 1 aromatic carbocycles. The Bertz CT molecular complexity index is 248. The van der Waals surface area contributed by atoms with Crippen molar-refractivity contribution in [3.8, 4) is 0 Å². The summed E-state index contributed by atoms with van der Waals surface area (Å²) in [5.74, 6) is 0. The van der Waals surface area contributed by atoms with Gasteiger partial charge in [-0.1, -0.05) is 34.1 Å². The van der Waals surface area contributed by atoms with Gasteiger partial charge in [-0.3, -0.25) is 0 Å². The van der Waals surface area contributed by atoms with Gasteiger partial charge in [-0.2, -0.15) is 0 Å². The zero-order valence-electron chi connectivity index (χ0n) is 6.38. The van der Waals surface area contributed by atoms with Crippen molar-refractivity contribution in [3.05, 3.63) is 50.1 Å². The first-order valence-corrected chi connectivity index (χ1v) is 3.66. The average Bonchev–Trinajstić information content (AvgIpc) is 2.08. The summed E-state index contributed by atoms with van der Waals surface area (Å²) in [6.45, 7) is 0. The highest BCUT2D eigenvalue weighted by atomic mass is 79.9. The number of hydrogen-bond acceptors (Lipinski definition) is 4. The van der Waals surface area contributed by atoms with E-state index in [0.29, 0.717) is 0 Å². The van der Waals surface area contributed by atoms with Crippen molar-refractivity contribution in [2.75, 3.05) is 0 Å². The topological polar surface area (TPSA) is 114 Å². The molecule has 0 heterocycles. The molecule has 0 aliphatic rings. The summed E-state index contributed by atoms with van der Waals surface area (Å²) < 4.78 is 1.13. The van der Waals surface area contributed by atoms with Crippen LogP contribution in [0.25, 0.3) is 0 Å². The maximum atomic E-state index is 8.25. The molecule has 6 nitrogen and oxygen atoms in total. The van der Waals surface area contributed by atoms with Crippen molar-refractivity contribution in [2.24, 2.45) is 0 Å². The van der Waals surface area contributed by atoms with Gasteiger partial charge >= 0.3 is 0 Å². The van der Waals surface area contributed by atoms with Gasteiger partial charge in [0.05, 0.1) is 10.5 Å². The molecule has 0 saturated heterocycles. The third-order valence-corrected chi connectivity index (χ3v) is 1.26. The Morgan fingerprint density at radius 2 is 1.54 bits per heavy atom. The number of halogens is 1. The second-order valence-corrected chi connectivity index (χ2v) is 2.43. The van der Waals surface area contributed by atoms with Crippen molar-refractivity contribution >= 4 is 15.9 Å². The molecule has 1 rings (SSSR count). The van der Waals surface area contributed by atoms with Crippen molar-refractivity contribution < 1.29 is 10.5 Å². The molecular weight excluding hydrogens is 242 g/mol. The maximum Gasteiger partial charge on any atom is 0.212 e. The van der Waals surface area contributed by atoms with Gasteiger partial charge in [0.25, 0.3) is 0 Å². The molecule has 0 atom stereocenters. The third-order valence-electron chi connectivity index (χ3n) is 0.733. The van der Waals surface area contributed by atoms with Crippen LogP contribution in [0.2, 0.25) is 0 Å². The van der Waals surface area contributed by atoms with Gasteiger partial charge < -0.3 is 15.3 Å². The van der Waals surface area contributed by atoms with E-state index in [1.807, 2.05) is 30.3 Å². The van der Waals surface area contributed by atoms with E-state index in [1.165, 1.54) is 0 Å². The first-order chi connectivity index (χ1) is 6.13. The zero-order valence-corrected chi connectivity index (χ0v) is 7.97. The molecule has 1 N–H and O–H groups in total. The summed E-state index contributed by atoms with van der Waals surface area (Å²) >= 11 is 3.31. The summed E-state index contributed by atoms with van der Waals surface area (Å²) in [5, 5.41) is 25.8. The van der Waals surface area contributed by atoms with E-state index in [2.05, 4.69) is 15.9 Å². The average molecular weight is 248 g/mol. The lowest BCUT2D eigenvalue weighted by Crippen LogP contribution is -2.11. The molecule has 0 aromatic heterocycles. The Balaban J connectivity index is 0. The third kappa shape index (κ3) is 17.9. The Kier molecular flexibility index (Phi) is 11.0. The van der Waals surface area contributed by atoms with Crippen molar-refractivity contribution in [1.29, 1.82) is 5.39 Å². The molecule has 13 heavy (non-hydrogen) atoms. The molecule has 0 spiro atoms. The number of diazo groups is 1. The Morgan fingerprint density at radius 1 is 1.23 bits per heavy atom. The van der Waals surface area contributed by atoms with Crippen LogP contribution in [0.3, 0.4) is 0 Å². The second kappa shape index (κ2) is 10.3. The fourth-order valence-corrected chi connectivity index (χ4v) is 0.720. The number of nitrogens with zero attached hydrogens (tertiary/aromatic N) is 2. The summed E-state index contributed by atoms with van der Waals surface area (Å²) in [5.41, 5.74) is 0. The first-order valence-electron chi connectivity index (χ1n) is 2.87. The largest absolute Gasteiger partial charge is 0.356 e. The number of hydrogen-bond donors (Lipinski definition) is 1. The standard InChI is InChI=1S/C6H5Br.N2.NO3/c7-6-4-2-1-3-5-6;1-2;2-1(3)4/h1-5H;;/q;;-1/p+1. The summed E-state index contributed by atoms with van der Waals surface area (Å²) in [6, 6.07) is 9.97. The quantitative estimate of drug-likeness (QED) is 0.408. The van der Waals surface area contributed by atoms with E-state index >= 15 is 0 Å². The number of rotatable bonds is 0. The minimum absolute atomic E-state index is 1.13. The molecular formula is C6H6BrN3O3. The Hall–Kier alpha value is -1.68. The van der Waals surface area contributed by atoms with Crippen LogP contribution in [-0.4, -0.2) is 5.09 Å². The lowest BCUT2D eigenvalue weighted by molar-refractivity contribution is -0.402. The molecule has 0 amide bonds. The minimum atomic E-state index is -1.75. The molecule has 0 unspecified atom stereocenters. The van der Waals surface area contributed by atoms with Crippen LogP contribution in [-0.2, 0) is 0 Å². The van der Waals surface area contributed by atoms with E-state index in [1.54, 1.807) is 0 Å². The van der Waals surface area contributed by atoms with Gasteiger partial charge in [0.15, 0.2) is 0 Å². The normalized spacial score (nSPS) is 6.69. The van der Waals surface area contributed by atoms with E-state index in [-0.39, 0.29) is 0 Å². The second-order valence-electron chi connectivity index (χ2n) is 1.52. The van der Waals surface area contributed by atoms with Crippen molar-refractivity contribution in [2.45, 2.75) is 0 Å². The van der Waals surface area contributed by atoms with E-state index < -0.39 is 5.09 Å². The predicted molar refractivity (Wildman–Crippen MR) is 47.2 cm³/mol. The van der Waals surface area contributed by atoms with Gasteiger partial charge in [-0.15, -0.1) is 0 Å². The van der Waals surface area contributed by atoms with Crippen LogP contribution in [0.1, 0.15) is 0 Å². The molecule has 0 saturated carbocycles. The molecule has 70 valence electrons. The summed E-state index contributed by atoms with van der Waals surface area (Å²) in [4.78, 5) is 8.25. The van der Waals surface area contributed by atoms with Crippen molar-refractivity contribution in [1.82, 2.24) is 0 Å². The highest BCUT2D eigenvalue weighted by molar-refractivity contribution is 9.10. The molecule has 0 fully saturated rings. The fraction of sp³-hybridized carbons (Fsp3) is 0.